The Morgan fingerprint density at radius 1 is 1.58 bits per heavy atom. The van der Waals surface area contributed by atoms with E-state index in [1.54, 1.807) is 4.68 Å². The van der Waals surface area contributed by atoms with E-state index in [1.807, 2.05) is 14.1 Å². The van der Waals surface area contributed by atoms with E-state index < -0.39 is 0 Å². The fourth-order valence-electron chi connectivity index (χ4n) is 1.05. The summed E-state index contributed by atoms with van der Waals surface area (Å²) in [6.07, 6.45) is 2.11. The second-order valence-electron chi connectivity index (χ2n) is 2.66. The van der Waals surface area contributed by atoms with Crippen molar-refractivity contribution in [3.05, 3.63) is 10.3 Å². The van der Waals surface area contributed by atoms with E-state index in [-0.39, 0.29) is 0 Å². The minimum Gasteiger partial charge on any atom is -0.320 e. The summed E-state index contributed by atoms with van der Waals surface area (Å²) < 4.78 is 2.67. The standard InChI is InChI=1S/C7H13BrN4/c1-9-5-3-4-6-7(8)10-11-12(6)2/h9H,3-5H2,1-2H3. The number of aromatic nitrogens is 3. The summed E-state index contributed by atoms with van der Waals surface area (Å²) in [5, 5.41) is 10.9. The Kier molecular flexibility index (Phi) is 3.68. The molecule has 68 valence electrons. The average Bonchev–Trinajstić information content (AvgIpc) is 2.35. The Morgan fingerprint density at radius 2 is 2.33 bits per heavy atom. The van der Waals surface area contributed by atoms with Gasteiger partial charge in [-0.1, -0.05) is 5.21 Å². The lowest BCUT2D eigenvalue weighted by atomic mass is 10.2. The molecule has 12 heavy (non-hydrogen) atoms. The van der Waals surface area contributed by atoms with Crippen molar-refractivity contribution in [3.8, 4) is 0 Å². The van der Waals surface area contributed by atoms with Gasteiger partial charge >= 0.3 is 0 Å². The molecule has 0 aromatic carbocycles. The van der Waals surface area contributed by atoms with E-state index in [0.29, 0.717) is 0 Å². The molecule has 0 aliphatic rings. The largest absolute Gasteiger partial charge is 0.320 e. The lowest BCUT2D eigenvalue weighted by Crippen LogP contribution is -2.09. The first-order valence-corrected chi connectivity index (χ1v) is 4.73. The number of aryl methyl sites for hydroxylation is 1. The maximum atomic E-state index is 3.90. The van der Waals surface area contributed by atoms with Gasteiger partial charge in [-0.25, -0.2) is 0 Å². The predicted molar refractivity (Wildman–Crippen MR) is 51.0 cm³/mol. The molecule has 0 amide bonds. The van der Waals surface area contributed by atoms with E-state index in [4.69, 9.17) is 0 Å². The van der Waals surface area contributed by atoms with Crippen molar-refractivity contribution < 1.29 is 0 Å². The first-order chi connectivity index (χ1) is 5.75. The zero-order valence-corrected chi connectivity index (χ0v) is 8.93. The SMILES string of the molecule is CNCCCc1c(Br)nnn1C. The third-order valence-corrected chi connectivity index (χ3v) is 2.35. The van der Waals surface area contributed by atoms with Gasteiger partial charge in [0.15, 0.2) is 4.60 Å². The number of nitrogens with zero attached hydrogens (tertiary/aromatic N) is 3. The molecule has 0 aliphatic heterocycles. The molecule has 1 N–H and O–H groups in total. The molecule has 5 heteroatoms. The Balaban J connectivity index is 2.50. The van der Waals surface area contributed by atoms with E-state index in [1.165, 1.54) is 0 Å². The molecule has 0 saturated carbocycles. The maximum absolute atomic E-state index is 3.90. The highest BCUT2D eigenvalue weighted by Crippen LogP contribution is 2.12. The highest BCUT2D eigenvalue weighted by Gasteiger charge is 2.05. The van der Waals surface area contributed by atoms with Crippen molar-refractivity contribution in [2.75, 3.05) is 13.6 Å². The van der Waals surface area contributed by atoms with E-state index in [0.717, 1.165) is 29.7 Å². The van der Waals surface area contributed by atoms with Gasteiger partial charge in [-0.15, -0.1) is 5.10 Å². The summed E-state index contributed by atoms with van der Waals surface area (Å²) in [5.74, 6) is 0. The summed E-state index contributed by atoms with van der Waals surface area (Å²) in [6, 6.07) is 0. The van der Waals surface area contributed by atoms with Gasteiger partial charge in [0.1, 0.15) is 0 Å². The number of hydrogen-bond donors (Lipinski definition) is 1. The molecule has 0 spiro atoms. The zero-order chi connectivity index (χ0) is 8.97. The van der Waals surface area contributed by atoms with Crippen molar-refractivity contribution in [2.24, 2.45) is 7.05 Å². The third-order valence-electron chi connectivity index (χ3n) is 1.74. The smallest absolute Gasteiger partial charge is 0.151 e. The van der Waals surface area contributed by atoms with Crippen molar-refractivity contribution in [1.82, 2.24) is 20.3 Å². The van der Waals surface area contributed by atoms with Crippen LogP contribution < -0.4 is 5.32 Å². The molecule has 0 saturated heterocycles. The van der Waals surface area contributed by atoms with Crippen molar-refractivity contribution >= 4 is 15.9 Å². The van der Waals surface area contributed by atoms with Gasteiger partial charge < -0.3 is 5.32 Å². The van der Waals surface area contributed by atoms with Gasteiger partial charge in [-0.3, -0.25) is 4.68 Å². The van der Waals surface area contributed by atoms with Crippen LogP contribution in [-0.2, 0) is 13.5 Å². The predicted octanol–water partition coefficient (Wildman–Crippen LogP) is 0.730. The van der Waals surface area contributed by atoms with Gasteiger partial charge in [0.25, 0.3) is 0 Å². The maximum Gasteiger partial charge on any atom is 0.151 e. The fraction of sp³-hybridized carbons (Fsp3) is 0.714. The molecule has 1 rings (SSSR count). The molecule has 0 unspecified atom stereocenters. The number of rotatable bonds is 4. The fourth-order valence-corrected chi connectivity index (χ4v) is 1.57. The Bertz CT molecular complexity index is 226. The molecule has 0 atom stereocenters. The molecular weight excluding hydrogens is 220 g/mol. The Morgan fingerprint density at radius 3 is 2.83 bits per heavy atom. The van der Waals surface area contributed by atoms with Crippen LogP contribution in [0.1, 0.15) is 12.1 Å². The van der Waals surface area contributed by atoms with E-state index in [9.17, 15) is 0 Å². The van der Waals surface area contributed by atoms with E-state index >= 15 is 0 Å². The van der Waals surface area contributed by atoms with Crippen LogP contribution in [0.25, 0.3) is 0 Å². The number of nitrogens with one attached hydrogen (secondary N) is 1. The van der Waals surface area contributed by atoms with Crippen molar-refractivity contribution in [1.29, 1.82) is 0 Å². The minimum atomic E-state index is 0.862. The molecule has 1 heterocycles. The summed E-state index contributed by atoms with van der Waals surface area (Å²) in [5.41, 5.74) is 1.16. The Labute approximate surface area is 80.5 Å². The van der Waals surface area contributed by atoms with Crippen molar-refractivity contribution in [3.63, 3.8) is 0 Å². The highest BCUT2D eigenvalue weighted by atomic mass is 79.9. The van der Waals surface area contributed by atoms with Crippen LogP contribution in [0.15, 0.2) is 4.60 Å². The van der Waals surface area contributed by atoms with Crippen LogP contribution in [0.2, 0.25) is 0 Å². The monoisotopic (exact) mass is 232 g/mol. The summed E-state index contributed by atoms with van der Waals surface area (Å²) >= 11 is 3.35. The molecular formula is C7H13BrN4. The van der Waals surface area contributed by atoms with Gasteiger partial charge in [0.05, 0.1) is 5.69 Å². The van der Waals surface area contributed by atoms with Gasteiger partial charge in [0.2, 0.25) is 0 Å². The normalized spacial score (nSPS) is 10.6. The third kappa shape index (κ3) is 2.28. The second kappa shape index (κ2) is 4.57. The van der Waals surface area contributed by atoms with Crippen LogP contribution in [-0.4, -0.2) is 28.6 Å². The van der Waals surface area contributed by atoms with Crippen LogP contribution in [0.4, 0.5) is 0 Å². The van der Waals surface area contributed by atoms with Crippen molar-refractivity contribution in [2.45, 2.75) is 12.8 Å². The topological polar surface area (TPSA) is 42.7 Å². The summed E-state index contributed by atoms with van der Waals surface area (Å²) in [6.45, 7) is 1.03. The molecule has 1 aromatic heterocycles. The van der Waals surface area contributed by atoms with Crippen LogP contribution in [0, 0.1) is 0 Å². The number of halogens is 1. The zero-order valence-electron chi connectivity index (χ0n) is 7.34. The number of hydrogen-bond acceptors (Lipinski definition) is 3. The van der Waals surface area contributed by atoms with E-state index in [2.05, 4.69) is 31.6 Å². The molecule has 0 bridgehead atoms. The highest BCUT2D eigenvalue weighted by molar-refractivity contribution is 9.10. The lowest BCUT2D eigenvalue weighted by molar-refractivity contribution is 0.645. The lowest BCUT2D eigenvalue weighted by Gasteiger charge is -2.00. The molecule has 0 fully saturated rings. The first-order valence-electron chi connectivity index (χ1n) is 3.94. The molecule has 4 nitrogen and oxygen atoms in total. The molecule has 0 radical (unpaired) electrons. The molecule has 0 aliphatic carbocycles. The van der Waals surface area contributed by atoms with Gasteiger partial charge in [-0.2, -0.15) is 0 Å². The second-order valence-corrected chi connectivity index (χ2v) is 3.41. The first kappa shape index (κ1) is 9.67. The summed E-state index contributed by atoms with van der Waals surface area (Å²) in [7, 11) is 3.86. The Hall–Kier alpha value is -0.420. The quantitative estimate of drug-likeness (QED) is 0.779. The van der Waals surface area contributed by atoms with Crippen LogP contribution in [0.3, 0.4) is 0 Å². The van der Waals surface area contributed by atoms with Crippen LogP contribution in [0.5, 0.6) is 0 Å². The van der Waals surface area contributed by atoms with Crippen LogP contribution >= 0.6 is 15.9 Å². The van der Waals surface area contributed by atoms with Gasteiger partial charge in [-0.05, 0) is 42.4 Å². The summed E-state index contributed by atoms with van der Waals surface area (Å²) in [4.78, 5) is 0. The average molecular weight is 233 g/mol. The molecule has 1 aromatic rings. The minimum absolute atomic E-state index is 0.862. The van der Waals surface area contributed by atoms with Gasteiger partial charge in [0, 0.05) is 7.05 Å².